The zero-order valence-electron chi connectivity index (χ0n) is 4.94. The molecule has 0 saturated carbocycles. The average molecular weight is 129 g/mol. The van der Waals surface area contributed by atoms with Crippen LogP contribution in [0.3, 0.4) is 0 Å². The summed E-state index contributed by atoms with van der Waals surface area (Å²) in [5, 5.41) is 3.30. The summed E-state index contributed by atoms with van der Waals surface area (Å²) in [5.41, 5.74) is 0.366. The molecule has 0 unspecified atom stereocenters. The molecule has 0 aromatic heterocycles. The van der Waals surface area contributed by atoms with Crippen LogP contribution in [0.5, 0.6) is 0 Å². The van der Waals surface area contributed by atoms with Crippen molar-refractivity contribution in [1.82, 2.24) is 5.32 Å². The number of piperidine rings is 1. The van der Waals surface area contributed by atoms with Crippen LogP contribution in [0.4, 0.5) is 0 Å². The Morgan fingerprint density at radius 2 is 1.78 bits per heavy atom. The Labute approximate surface area is 56.6 Å². The molecular formula is C7H15NO. The number of rotatable bonds is 0. The minimum Gasteiger partial charge on any atom is -0.369 e. The smallest absolute Gasteiger partial charge is 0.0940 e. The van der Waals surface area contributed by atoms with E-state index in [2.05, 4.69) is 5.32 Å². The van der Waals surface area contributed by atoms with Gasteiger partial charge in [0.2, 0.25) is 0 Å². The van der Waals surface area contributed by atoms with Gasteiger partial charge in [0.1, 0.15) is 0 Å². The molecule has 1 spiro atoms. The van der Waals surface area contributed by atoms with Gasteiger partial charge in [0.25, 0.3) is 0 Å². The van der Waals surface area contributed by atoms with Crippen LogP contribution in [0.15, 0.2) is 0 Å². The molecule has 1 N–H and O–H groups in total. The van der Waals surface area contributed by atoms with Gasteiger partial charge in [-0.1, -0.05) is 7.43 Å². The molecule has 2 aliphatic heterocycles. The van der Waals surface area contributed by atoms with Gasteiger partial charge in [-0.25, -0.2) is 0 Å². The molecule has 0 aromatic carbocycles. The van der Waals surface area contributed by atoms with Gasteiger partial charge in [-0.2, -0.15) is 0 Å². The van der Waals surface area contributed by atoms with Gasteiger partial charge in [0.15, 0.2) is 0 Å². The van der Waals surface area contributed by atoms with E-state index in [0.29, 0.717) is 5.60 Å². The van der Waals surface area contributed by atoms with Crippen LogP contribution in [0.2, 0.25) is 0 Å². The third-order valence-corrected chi connectivity index (χ3v) is 2.07. The molecule has 0 amide bonds. The van der Waals surface area contributed by atoms with Crippen LogP contribution in [0.1, 0.15) is 20.3 Å². The summed E-state index contributed by atoms with van der Waals surface area (Å²) in [6.45, 7) is 3.33. The van der Waals surface area contributed by atoms with Gasteiger partial charge in [-0.15, -0.1) is 0 Å². The Morgan fingerprint density at radius 3 is 2.11 bits per heavy atom. The second-order valence-electron chi connectivity index (χ2n) is 2.72. The molecule has 2 heteroatoms. The van der Waals surface area contributed by atoms with Crippen LogP contribution >= 0.6 is 0 Å². The minimum absolute atomic E-state index is 0. The molecule has 2 saturated heterocycles. The monoisotopic (exact) mass is 129 g/mol. The van der Waals surface area contributed by atoms with E-state index in [1.165, 1.54) is 12.8 Å². The number of nitrogens with one attached hydrogen (secondary N) is 1. The van der Waals surface area contributed by atoms with Crippen LogP contribution in [-0.2, 0) is 4.74 Å². The Balaban J connectivity index is 0.000000405. The van der Waals surface area contributed by atoms with Crippen molar-refractivity contribution >= 4 is 0 Å². The normalized spacial score (nSPS) is 29.3. The van der Waals surface area contributed by atoms with Crippen LogP contribution in [0, 0.1) is 0 Å². The number of epoxide rings is 1. The van der Waals surface area contributed by atoms with E-state index < -0.39 is 0 Å². The largest absolute Gasteiger partial charge is 0.369 e. The van der Waals surface area contributed by atoms with Crippen molar-refractivity contribution in [3.63, 3.8) is 0 Å². The summed E-state index contributed by atoms with van der Waals surface area (Å²) in [7, 11) is 0. The average Bonchev–Trinajstić information content (AvgIpc) is 2.52. The zero-order valence-corrected chi connectivity index (χ0v) is 4.94. The van der Waals surface area contributed by atoms with Gasteiger partial charge in [-0.3, -0.25) is 0 Å². The number of hydrogen-bond acceptors (Lipinski definition) is 2. The number of hydrogen-bond donors (Lipinski definition) is 1. The first-order valence-corrected chi connectivity index (χ1v) is 3.26. The Morgan fingerprint density at radius 1 is 1.22 bits per heavy atom. The molecule has 0 aromatic rings. The molecule has 9 heavy (non-hydrogen) atoms. The topological polar surface area (TPSA) is 24.6 Å². The highest BCUT2D eigenvalue weighted by atomic mass is 16.6. The lowest BCUT2D eigenvalue weighted by Gasteiger charge is -2.17. The highest BCUT2D eigenvalue weighted by Gasteiger charge is 2.44. The summed E-state index contributed by atoms with van der Waals surface area (Å²) in [4.78, 5) is 0. The SMILES string of the molecule is C.C1CC2(CCN1)CO2. The van der Waals surface area contributed by atoms with Crippen LogP contribution in [-0.4, -0.2) is 25.3 Å². The maximum atomic E-state index is 5.30. The van der Waals surface area contributed by atoms with Crippen molar-refractivity contribution in [2.45, 2.75) is 25.9 Å². The predicted molar refractivity (Wildman–Crippen MR) is 37.5 cm³/mol. The summed E-state index contributed by atoms with van der Waals surface area (Å²) >= 11 is 0. The van der Waals surface area contributed by atoms with Crippen molar-refractivity contribution in [2.24, 2.45) is 0 Å². The van der Waals surface area contributed by atoms with E-state index in [1.807, 2.05) is 0 Å². The van der Waals surface area contributed by atoms with Crippen molar-refractivity contribution in [1.29, 1.82) is 0 Å². The molecule has 54 valence electrons. The lowest BCUT2D eigenvalue weighted by Crippen LogP contribution is -2.32. The van der Waals surface area contributed by atoms with Crippen molar-refractivity contribution in [3.8, 4) is 0 Å². The van der Waals surface area contributed by atoms with E-state index in [4.69, 9.17) is 4.74 Å². The third kappa shape index (κ3) is 1.25. The molecule has 0 bridgehead atoms. The molecule has 0 atom stereocenters. The summed E-state index contributed by atoms with van der Waals surface area (Å²) in [6, 6.07) is 0. The maximum Gasteiger partial charge on any atom is 0.0940 e. The standard InChI is InChI=1S/C6H11NO.CH4/c1-3-7-4-2-6(1)5-8-6;/h7H,1-5H2;1H4. The molecule has 0 aliphatic carbocycles. The van der Waals surface area contributed by atoms with Gasteiger partial charge < -0.3 is 10.1 Å². The fourth-order valence-electron chi connectivity index (χ4n) is 1.27. The first kappa shape index (κ1) is 7.03. The summed E-state index contributed by atoms with van der Waals surface area (Å²) < 4.78 is 5.30. The van der Waals surface area contributed by atoms with Gasteiger partial charge in [0, 0.05) is 0 Å². The van der Waals surface area contributed by atoms with Gasteiger partial charge in [0.05, 0.1) is 12.2 Å². The highest BCUT2D eigenvalue weighted by Crippen LogP contribution is 2.35. The molecule has 0 radical (unpaired) electrons. The van der Waals surface area contributed by atoms with Crippen LogP contribution < -0.4 is 5.32 Å². The molecule has 2 aliphatic rings. The minimum atomic E-state index is 0. The van der Waals surface area contributed by atoms with Crippen molar-refractivity contribution in [3.05, 3.63) is 0 Å². The van der Waals surface area contributed by atoms with E-state index in [-0.39, 0.29) is 7.43 Å². The van der Waals surface area contributed by atoms with E-state index in [1.54, 1.807) is 0 Å². The summed E-state index contributed by atoms with van der Waals surface area (Å²) in [5.74, 6) is 0. The second-order valence-corrected chi connectivity index (χ2v) is 2.72. The molecule has 2 heterocycles. The van der Waals surface area contributed by atoms with Crippen molar-refractivity contribution in [2.75, 3.05) is 19.7 Å². The first-order chi connectivity index (χ1) is 3.91. The van der Waals surface area contributed by atoms with Gasteiger partial charge >= 0.3 is 0 Å². The fraction of sp³-hybridized carbons (Fsp3) is 1.00. The quantitative estimate of drug-likeness (QED) is 0.489. The molecule has 2 fully saturated rings. The van der Waals surface area contributed by atoms with Gasteiger partial charge in [-0.05, 0) is 25.9 Å². The molecule has 2 nitrogen and oxygen atoms in total. The highest BCUT2D eigenvalue weighted by molar-refractivity contribution is 4.95. The molecular weight excluding hydrogens is 114 g/mol. The third-order valence-electron chi connectivity index (χ3n) is 2.07. The molecule has 2 rings (SSSR count). The zero-order chi connectivity index (χ0) is 5.45. The lowest BCUT2D eigenvalue weighted by atomic mass is 10.00. The van der Waals surface area contributed by atoms with Crippen molar-refractivity contribution < 1.29 is 4.74 Å². The second kappa shape index (κ2) is 2.27. The maximum absolute atomic E-state index is 5.30. The first-order valence-electron chi connectivity index (χ1n) is 3.26. The Hall–Kier alpha value is -0.0800. The Kier molecular flexibility index (Phi) is 1.78. The fourth-order valence-corrected chi connectivity index (χ4v) is 1.27. The number of ether oxygens (including phenoxy) is 1. The predicted octanol–water partition coefficient (Wildman–Crippen LogP) is 0.775. The van der Waals surface area contributed by atoms with E-state index in [9.17, 15) is 0 Å². The lowest BCUT2D eigenvalue weighted by molar-refractivity contribution is 0.246. The summed E-state index contributed by atoms with van der Waals surface area (Å²) in [6.07, 6.45) is 2.46. The Bertz CT molecular complexity index is 91.1. The van der Waals surface area contributed by atoms with E-state index in [0.717, 1.165) is 19.7 Å². The van der Waals surface area contributed by atoms with Crippen LogP contribution in [0.25, 0.3) is 0 Å². The van der Waals surface area contributed by atoms with E-state index >= 15 is 0 Å².